The van der Waals surface area contributed by atoms with Gasteiger partial charge in [-0.25, -0.2) is 14.3 Å². The second-order valence-corrected chi connectivity index (χ2v) is 4.65. The predicted molar refractivity (Wildman–Crippen MR) is 76.7 cm³/mol. The van der Waals surface area contributed by atoms with E-state index in [-0.39, 0.29) is 18.0 Å². The summed E-state index contributed by atoms with van der Waals surface area (Å²) < 4.78 is 7.60. The van der Waals surface area contributed by atoms with Crippen LogP contribution in [0.2, 0.25) is 0 Å². The number of hydrogen-bond acceptors (Lipinski definition) is 6. The molecule has 0 N–H and O–H groups in total. The van der Waals surface area contributed by atoms with Crippen molar-refractivity contribution in [3.8, 4) is 5.69 Å². The number of rotatable bonds is 4. The average Bonchev–Trinajstić information content (AvgIpc) is 3.15. The lowest BCUT2D eigenvalue weighted by molar-refractivity contribution is -0.141. The first kappa shape index (κ1) is 13.9. The fourth-order valence-corrected chi connectivity index (χ4v) is 2.14. The monoisotopic (exact) mass is 299 g/mol. The SMILES string of the molecule is COC(=O)Cn1ncc2cc(-n3cccn3)c(C(C)=O)nc21. The Morgan fingerprint density at radius 3 is 2.77 bits per heavy atom. The molecule has 3 heterocycles. The van der Waals surface area contributed by atoms with Gasteiger partial charge in [0, 0.05) is 24.7 Å². The number of hydrogen-bond donors (Lipinski definition) is 0. The number of aromatic nitrogens is 5. The number of ether oxygens (including phenoxy) is 1. The molecule has 22 heavy (non-hydrogen) atoms. The molecule has 0 saturated heterocycles. The van der Waals surface area contributed by atoms with Gasteiger partial charge in [0.1, 0.15) is 12.2 Å². The maximum absolute atomic E-state index is 11.9. The zero-order valence-electron chi connectivity index (χ0n) is 12.1. The maximum atomic E-state index is 11.9. The van der Waals surface area contributed by atoms with Crippen molar-refractivity contribution in [1.29, 1.82) is 0 Å². The summed E-state index contributed by atoms with van der Waals surface area (Å²) in [6.07, 6.45) is 4.94. The molecule has 0 saturated carbocycles. The molecule has 3 aromatic rings. The second-order valence-electron chi connectivity index (χ2n) is 4.65. The van der Waals surface area contributed by atoms with Gasteiger partial charge in [-0.05, 0) is 12.1 Å². The van der Waals surface area contributed by atoms with E-state index in [1.54, 1.807) is 35.4 Å². The third kappa shape index (κ3) is 2.34. The van der Waals surface area contributed by atoms with Gasteiger partial charge in [0.15, 0.2) is 11.4 Å². The number of carbonyl (C=O) groups is 2. The Balaban J connectivity index is 2.17. The van der Waals surface area contributed by atoms with Crippen LogP contribution in [-0.2, 0) is 16.1 Å². The van der Waals surface area contributed by atoms with Crippen LogP contribution in [0, 0.1) is 0 Å². The fraction of sp³-hybridized carbons (Fsp3) is 0.214. The van der Waals surface area contributed by atoms with Crippen LogP contribution in [0.4, 0.5) is 0 Å². The Kier molecular flexibility index (Phi) is 3.42. The molecule has 0 bridgehead atoms. The van der Waals surface area contributed by atoms with Gasteiger partial charge in [0.05, 0.1) is 19.0 Å². The minimum atomic E-state index is -0.438. The Morgan fingerprint density at radius 2 is 2.14 bits per heavy atom. The number of pyridine rings is 1. The predicted octanol–water partition coefficient (Wildman–Crippen LogP) is 0.993. The van der Waals surface area contributed by atoms with Gasteiger partial charge in [-0.15, -0.1) is 0 Å². The lowest BCUT2D eigenvalue weighted by Crippen LogP contribution is -2.14. The summed E-state index contributed by atoms with van der Waals surface area (Å²) in [4.78, 5) is 27.7. The topological polar surface area (TPSA) is 91.9 Å². The highest BCUT2D eigenvalue weighted by atomic mass is 16.5. The summed E-state index contributed by atoms with van der Waals surface area (Å²) in [6, 6.07) is 3.53. The van der Waals surface area contributed by atoms with E-state index < -0.39 is 5.97 Å². The molecule has 0 spiro atoms. The molecule has 0 aliphatic carbocycles. The van der Waals surface area contributed by atoms with Crippen molar-refractivity contribution in [3.63, 3.8) is 0 Å². The first-order valence-electron chi connectivity index (χ1n) is 6.54. The van der Waals surface area contributed by atoms with Gasteiger partial charge >= 0.3 is 5.97 Å². The van der Waals surface area contributed by atoms with Crippen molar-refractivity contribution in [2.75, 3.05) is 7.11 Å². The Hall–Kier alpha value is -3.03. The number of nitrogens with zero attached hydrogens (tertiary/aromatic N) is 5. The third-order valence-electron chi connectivity index (χ3n) is 3.18. The van der Waals surface area contributed by atoms with Gasteiger partial charge in [-0.2, -0.15) is 10.2 Å². The lowest BCUT2D eigenvalue weighted by atomic mass is 10.2. The minimum Gasteiger partial charge on any atom is -0.468 e. The standard InChI is InChI=1S/C14H13N5O3/c1-9(20)13-11(18-5-3-4-15-18)6-10-7-16-19(14(10)17-13)8-12(21)22-2/h3-7H,8H2,1-2H3. The number of esters is 1. The zero-order chi connectivity index (χ0) is 15.7. The molecule has 0 atom stereocenters. The quantitative estimate of drug-likeness (QED) is 0.527. The molecule has 0 aliphatic heterocycles. The van der Waals surface area contributed by atoms with Gasteiger partial charge in [-0.1, -0.05) is 0 Å². The van der Waals surface area contributed by atoms with Crippen LogP contribution in [0.25, 0.3) is 16.7 Å². The largest absolute Gasteiger partial charge is 0.468 e. The summed E-state index contributed by atoms with van der Waals surface area (Å²) in [5.74, 6) is -0.634. The molecule has 8 nitrogen and oxygen atoms in total. The molecular weight excluding hydrogens is 286 g/mol. The first-order valence-corrected chi connectivity index (χ1v) is 6.54. The maximum Gasteiger partial charge on any atom is 0.327 e. The summed E-state index contributed by atoms with van der Waals surface area (Å²) in [5.41, 5.74) is 1.29. The highest BCUT2D eigenvalue weighted by Gasteiger charge is 2.17. The zero-order valence-corrected chi connectivity index (χ0v) is 12.1. The molecule has 0 aromatic carbocycles. The van der Waals surface area contributed by atoms with Crippen molar-refractivity contribution < 1.29 is 14.3 Å². The molecule has 0 unspecified atom stereocenters. The Labute approximate surface area is 125 Å². The van der Waals surface area contributed by atoms with E-state index in [0.29, 0.717) is 16.7 Å². The first-order chi connectivity index (χ1) is 10.6. The molecule has 3 aromatic heterocycles. The van der Waals surface area contributed by atoms with E-state index in [4.69, 9.17) is 0 Å². The van der Waals surface area contributed by atoms with Crippen molar-refractivity contribution in [1.82, 2.24) is 24.5 Å². The highest BCUT2D eigenvalue weighted by Crippen LogP contribution is 2.20. The van der Waals surface area contributed by atoms with E-state index in [1.807, 2.05) is 0 Å². The molecule has 0 radical (unpaired) electrons. The van der Waals surface area contributed by atoms with Crippen molar-refractivity contribution in [2.24, 2.45) is 0 Å². The smallest absolute Gasteiger partial charge is 0.327 e. The van der Waals surface area contributed by atoms with E-state index in [2.05, 4.69) is 19.9 Å². The average molecular weight is 299 g/mol. The van der Waals surface area contributed by atoms with Gasteiger partial charge in [-0.3, -0.25) is 9.59 Å². The van der Waals surface area contributed by atoms with E-state index >= 15 is 0 Å². The number of carbonyl (C=O) groups excluding carboxylic acids is 2. The molecule has 0 amide bonds. The Morgan fingerprint density at radius 1 is 1.32 bits per heavy atom. The summed E-state index contributed by atoms with van der Waals surface area (Å²) in [6.45, 7) is 1.37. The summed E-state index contributed by atoms with van der Waals surface area (Å²) in [7, 11) is 1.30. The van der Waals surface area contributed by atoms with Gasteiger partial charge < -0.3 is 4.74 Å². The normalized spacial score (nSPS) is 10.8. The van der Waals surface area contributed by atoms with Crippen LogP contribution in [0.1, 0.15) is 17.4 Å². The Bertz CT molecular complexity index is 851. The number of ketones is 1. The highest BCUT2D eigenvalue weighted by molar-refractivity contribution is 5.98. The van der Waals surface area contributed by atoms with E-state index in [1.165, 1.54) is 18.7 Å². The number of Topliss-reactive ketones (excluding diaryl/α,β-unsaturated/α-hetero) is 1. The molecule has 112 valence electrons. The van der Waals surface area contributed by atoms with Crippen LogP contribution >= 0.6 is 0 Å². The van der Waals surface area contributed by atoms with Crippen LogP contribution in [0.5, 0.6) is 0 Å². The molecule has 8 heteroatoms. The third-order valence-corrected chi connectivity index (χ3v) is 3.18. The molecule has 3 rings (SSSR count). The van der Waals surface area contributed by atoms with Crippen molar-refractivity contribution in [2.45, 2.75) is 13.5 Å². The van der Waals surface area contributed by atoms with Crippen LogP contribution < -0.4 is 0 Å². The van der Waals surface area contributed by atoms with Crippen LogP contribution in [0.15, 0.2) is 30.7 Å². The van der Waals surface area contributed by atoms with Gasteiger partial charge in [0.25, 0.3) is 0 Å². The van der Waals surface area contributed by atoms with E-state index in [0.717, 1.165) is 0 Å². The van der Waals surface area contributed by atoms with Gasteiger partial charge in [0.2, 0.25) is 0 Å². The van der Waals surface area contributed by atoms with Crippen LogP contribution in [0.3, 0.4) is 0 Å². The van der Waals surface area contributed by atoms with Crippen molar-refractivity contribution in [3.05, 3.63) is 36.4 Å². The van der Waals surface area contributed by atoms with E-state index in [9.17, 15) is 9.59 Å². The van der Waals surface area contributed by atoms with Crippen molar-refractivity contribution >= 4 is 22.8 Å². The number of fused-ring (bicyclic) bond motifs is 1. The molecular formula is C14H13N5O3. The second kappa shape index (κ2) is 5.40. The molecule has 0 aliphatic rings. The molecule has 0 fully saturated rings. The minimum absolute atomic E-state index is 0.0640. The summed E-state index contributed by atoms with van der Waals surface area (Å²) >= 11 is 0. The number of methoxy groups -OCH3 is 1. The lowest BCUT2D eigenvalue weighted by Gasteiger charge is -2.08. The summed E-state index contributed by atoms with van der Waals surface area (Å²) in [5, 5.41) is 8.95. The van der Waals surface area contributed by atoms with Crippen LogP contribution in [-0.4, -0.2) is 43.4 Å². The fourth-order valence-electron chi connectivity index (χ4n) is 2.14.